The van der Waals surface area contributed by atoms with Gasteiger partial charge in [-0.2, -0.15) is 25.3 Å². The van der Waals surface area contributed by atoms with Gasteiger partial charge in [0.05, 0.1) is 6.04 Å². The topological polar surface area (TPSA) is 177 Å². The average molecular weight is 466 g/mol. The number of carbonyl (C=O) groups excluding carboxylic acids is 3. The van der Waals surface area contributed by atoms with Gasteiger partial charge in [0.15, 0.2) is 0 Å². The van der Waals surface area contributed by atoms with Crippen molar-refractivity contribution in [3.05, 3.63) is 0 Å². The molecule has 0 aromatic carbocycles. The SMILES string of the molecule is CCC(C)C(NC(=O)C(N)CCCCN)C(=O)NC(CS)C(=O)NC(CS)C(=O)O. The van der Waals surface area contributed by atoms with Crippen LogP contribution in [0.25, 0.3) is 0 Å². The minimum absolute atomic E-state index is 0.0593. The summed E-state index contributed by atoms with van der Waals surface area (Å²) in [6, 6.07) is -3.95. The number of carbonyl (C=O) groups is 4. The van der Waals surface area contributed by atoms with E-state index in [9.17, 15) is 19.2 Å². The number of nitrogens with one attached hydrogen (secondary N) is 3. The maximum Gasteiger partial charge on any atom is 0.327 e. The van der Waals surface area contributed by atoms with Crippen molar-refractivity contribution < 1.29 is 24.3 Å². The van der Waals surface area contributed by atoms with E-state index in [1.54, 1.807) is 6.92 Å². The molecule has 0 saturated carbocycles. The van der Waals surface area contributed by atoms with Gasteiger partial charge in [0, 0.05) is 11.5 Å². The first-order valence-electron chi connectivity index (χ1n) is 9.94. The molecular weight excluding hydrogens is 430 g/mol. The lowest BCUT2D eigenvalue weighted by molar-refractivity contribution is -0.141. The van der Waals surface area contributed by atoms with Gasteiger partial charge in [-0.25, -0.2) is 4.79 Å². The largest absolute Gasteiger partial charge is 0.480 e. The zero-order chi connectivity index (χ0) is 23.3. The number of hydrogen-bond acceptors (Lipinski definition) is 8. The molecule has 0 aliphatic heterocycles. The summed E-state index contributed by atoms with van der Waals surface area (Å²) in [5.41, 5.74) is 11.3. The van der Waals surface area contributed by atoms with Crippen molar-refractivity contribution in [3.8, 4) is 0 Å². The molecule has 0 saturated heterocycles. The van der Waals surface area contributed by atoms with E-state index >= 15 is 0 Å². The highest BCUT2D eigenvalue weighted by Crippen LogP contribution is 2.10. The van der Waals surface area contributed by atoms with E-state index in [4.69, 9.17) is 16.6 Å². The number of amides is 3. The average Bonchev–Trinajstić information content (AvgIpc) is 2.72. The van der Waals surface area contributed by atoms with E-state index in [-0.39, 0.29) is 17.4 Å². The minimum atomic E-state index is -1.24. The van der Waals surface area contributed by atoms with Crippen LogP contribution < -0.4 is 27.4 Å². The number of hydrogen-bond donors (Lipinski definition) is 8. The van der Waals surface area contributed by atoms with Gasteiger partial charge in [0.1, 0.15) is 18.1 Å². The smallest absolute Gasteiger partial charge is 0.327 e. The highest BCUT2D eigenvalue weighted by Gasteiger charge is 2.31. The first-order valence-corrected chi connectivity index (χ1v) is 11.2. The van der Waals surface area contributed by atoms with Crippen molar-refractivity contribution in [1.82, 2.24) is 16.0 Å². The highest BCUT2D eigenvalue weighted by molar-refractivity contribution is 7.80. The van der Waals surface area contributed by atoms with Crippen LogP contribution in [0.3, 0.4) is 0 Å². The fourth-order valence-electron chi connectivity index (χ4n) is 2.52. The van der Waals surface area contributed by atoms with Gasteiger partial charge in [-0.1, -0.05) is 26.7 Å². The third kappa shape index (κ3) is 10.0. The molecule has 0 fully saturated rings. The van der Waals surface area contributed by atoms with E-state index in [0.29, 0.717) is 25.8 Å². The van der Waals surface area contributed by atoms with Crippen molar-refractivity contribution in [3.63, 3.8) is 0 Å². The second kappa shape index (κ2) is 15.3. The molecule has 5 unspecified atom stereocenters. The van der Waals surface area contributed by atoms with Gasteiger partial charge < -0.3 is 32.5 Å². The van der Waals surface area contributed by atoms with Crippen LogP contribution in [0, 0.1) is 5.92 Å². The fraction of sp³-hybridized carbons (Fsp3) is 0.778. The maximum atomic E-state index is 12.8. The van der Waals surface area contributed by atoms with Crippen molar-refractivity contribution >= 4 is 48.9 Å². The molecule has 5 atom stereocenters. The third-order valence-electron chi connectivity index (χ3n) is 4.71. The van der Waals surface area contributed by atoms with Gasteiger partial charge in [-0.3, -0.25) is 14.4 Å². The number of rotatable bonds is 15. The molecule has 30 heavy (non-hydrogen) atoms. The molecule has 0 aliphatic rings. The molecule has 3 amide bonds. The monoisotopic (exact) mass is 465 g/mol. The van der Waals surface area contributed by atoms with Crippen LogP contribution >= 0.6 is 25.3 Å². The van der Waals surface area contributed by atoms with Crippen LogP contribution in [0.2, 0.25) is 0 Å². The molecule has 0 rings (SSSR count). The van der Waals surface area contributed by atoms with Crippen molar-refractivity contribution in [2.24, 2.45) is 17.4 Å². The molecule has 0 aromatic rings. The summed E-state index contributed by atoms with van der Waals surface area (Å²) in [6.45, 7) is 4.17. The molecule has 12 heteroatoms. The van der Waals surface area contributed by atoms with Crippen molar-refractivity contribution in [2.75, 3.05) is 18.1 Å². The Balaban J connectivity index is 5.13. The highest BCUT2D eigenvalue weighted by atomic mass is 32.1. The Morgan fingerprint density at radius 3 is 1.97 bits per heavy atom. The number of unbranched alkanes of at least 4 members (excludes halogenated alkanes) is 1. The Morgan fingerprint density at radius 2 is 1.50 bits per heavy atom. The standard InChI is InChI=1S/C18H35N5O5S2/c1-3-10(2)14(23-15(24)11(20)6-4-5-7-19)17(26)21-12(8-29)16(25)22-13(9-30)18(27)28/h10-14,29-30H,3-9,19-20H2,1-2H3,(H,21,26)(H,22,25)(H,23,24)(H,27,28). The van der Waals surface area contributed by atoms with E-state index in [1.165, 1.54) is 0 Å². The first-order chi connectivity index (χ1) is 14.1. The lowest BCUT2D eigenvalue weighted by Crippen LogP contribution is -2.59. The van der Waals surface area contributed by atoms with Gasteiger partial charge in [0.2, 0.25) is 17.7 Å². The molecule has 0 radical (unpaired) electrons. The van der Waals surface area contributed by atoms with Crippen LogP contribution in [-0.2, 0) is 19.2 Å². The third-order valence-corrected chi connectivity index (χ3v) is 5.44. The molecule has 0 bridgehead atoms. The lowest BCUT2D eigenvalue weighted by Gasteiger charge is -2.27. The molecular formula is C18H35N5O5S2. The fourth-order valence-corrected chi connectivity index (χ4v) is 3.02. The van der Waals surface area contributed by atoms with Crippen LogP contribution in [0.5, 0.6) is 0 Å². The zero-order valence-electron chi connectivity index (χ0n) is 17.5. The first kappa shape index (κ1) is 28.5. The predicted octanol–water partition coefficient (Wildman–Crippen LogP) is -1.11. The van der Waals surface area contributed by atoms with E-state index in [2.05, 4.69) is 41.2 Å². The zero-order valence-corrected chi connectivity index (χ0v) is 19.3. The van der Waals surface area contributed by atoms with E-state index < -0.39 is 47.9 Å². The maximum absolute atomic E-state index is 12.8. The normalized spacial score (nSPS) is 15.9. The Bertz CT molecular complexity index is 581. The molecule has 8 N–H and O–H groups in total. The number of aliphatic carboxylic acids is 1. The number of thiol groups is 2. The van der Waals surface area contributed by atoms with Gasteiger partial charge >= 0.3 is 5.97 Å². The van der Waals surface area contributed by atoms with Crippen LogP contribution in [0.1, 0.15) is 39.5 Å². The Kier molecular flexibility index (Phi) is 14.6. The van der Waals surface area contributed by atoms with Crippen molar-refractivity contribution in [1.29, 1.82) is 0 Å². The molecule has 0 aliphatic carbocycles. The molecule has 0 spiro atoms. The summed E-state index contributed by atoms with van der Waals surface area (Å²) in [7, 11) is 0. The Labute approximate surface area is 188 Å². The number of nitrogens with two attached hydrogens (primary N) is 2. The summed E-state index contributed by atoms with van der Waals surface area (Å²) in [5, 5.41) is 16.5. The molecule has 0 aromatic heterocycles. The number of carboxylic acids is 1. The second-order valence-electron chi connectivity index (χ2n) is 7.09. The van der Waals surface area contributed by atoms with Crippen LogP contribution in [0.4, 0.5) is 0 Å². The van der Waals surface area contributed by atoms with Crippen LogP contribution in [-0.4, -0.2) is 71.0 Å². The molecule has 10 nitrogen and oxygen atoms in total. The number of carboxylic acid groups (broad SMARTS) is 1. The second-order valence-corrected chi connectivity index (χ2v) is 7.82. The Morgan fingerprint density at radius 1 is 0.933 bits per heavy atom. The molecule has 174 valence electrons. The van der Waals surface area contributed by atoms with Crippen molar-refractivity contribution in [2.45, 2.75) is 63.7 Å². The summed E-state index contributed by atoms with van der Waals surface area (Å²) in [4.78, 5) is 48.6. The summed E-state index contributed by atoms with van der Waals surface area (Å²) in [5.74, 6) is -3.36. The van der Waals surface area contributed by atoms with Gasteiger partial charge in [-0.05, 0) is 25.3 Å². The van der Waals surface area contributed by atoms with Gasteiger partial charge in [0.25, 0.3) is 0 Å². The Hall–Kier alpha value is -1.50. The summed E-state index contributed by atoms with van der Waals surface area (Å²) < 4.78 is 0. The van der Waals surface area contributed by atoms with Gasteiger partial charge in [-0.15, -0.1) is 0 Å². The van der Waals surface area contributed by atoms with Crippen LogP contribution in [0.15, 0.2) is 0 Å². The van der Waals surface area contributed by atoms with E-state index in [0.717, 1.165) is 6.42 Å². The lowest BCUT2D eigenvalue weighted by atomic mass is 9.97. The summed E-state index contributed by atoms with van der Waals surface area (Å²) >= 11 is 7.95. The minimum Gasteiger partial charge on any atom is -0.480 e. The predicted molar refractivity (Wildman–Crippen MR) is 121 cm³/mol. The summed E-state index contributed by atoms with van der Waals surface area (Å²) in [6.07, 6.45) is 2.49. The van der Waals surface area contributed by atoms with E-state index in [1.807, 2.05) is 6.92 Å². The quantitative estimate of drug-likeness (QED) is 0.112. The molecule has 0 heterocycles.